The number of hydrogen-bond acceptors (Lipinski definition) is 3. The number of hydrogen-bond donors (Lipinski definition) is 1. The van der Waals surface area contributed by atoms with Gasteiger partial charge in [0.15, 0.2) is 0 Å². The van der Waals surface area contributed by atoms with Crippen LogP contribution in [-0.2, 0) is 0 Å². The van der Waals surface area contributed by atoms with E-state index in [1.165, 1.54) is 0 Å². The van der Waals surface area contributed by atoms with Crippen molar-refractivity contribution in [2.45, 2.75) is 13.8 Å². The highest BCUT2D eigenvalue weighted by Gasteiger charge is 1.96. The predicted octanol–water partition coefficient (Wildman–Crippen LogP) is 2.03. The van der Waals surface area contributed by atoms with Gasteiger partial charge in [-0.3, -0.25) is 5.10 Å². The van der Waals surface area contributed by atoms with Crippen molar-refractivity contribution in [1.29, 1.82) is 0 Å². The van der Waals surface area contributed by atoms with Crippen LogP contribution in [0, 0.1) is 0 Å². The van der Waals surface area contributed by atoms with E-state index in [1.54, 1.807) is 12.4 Å². The van der Waals surface area contributed by atoms with Crippen LogP contribution < -0.4 is 0 Å². The molecule has 2 aromatic rings. The molecule has 0 unspecified atom stereocenters. The number of aromatic nitrogens is 4. The van der Waals surface area contributed by atoms with Crippen LogP contribution in [0.3, 0.4) is 0 Å². The molecule has 2 aromatic heterocycles. The summed E-state index contributed by atoms with van der Waals surface area (Å²) in [4.78, 5) is 7.66. The number of nitrogens with zero attached hydrogens (tertiary/aromatic N) is 3. The molecule has 0 spiro atoms. The van der Waals surface area contributed by atoms with E-state index in [0.29, 0.717) is 0 Å². The van der Waals surface area contributed by atoms with Crippen molar-refractivity contribution in [3.8, 4) is 0 Å². The molecule has 0 atom stereocenters. The second-order valence-corrected chi connectivity index (χ2v) is 2.15. The number of fused-ring (bicyclic) bond motifs is 1. The number of halogens is 1. The number of aromatic amines is 1. The highest BCUT2D eigenvalue weighted by molar-refractivity contribution is 6.28. The quantitative estimate of drug-likeness (QED) is 0.638. The van der Waals surface area contributed by atoms with Gasteiger partial charge in [-0.1, -0.05) is 13.8 Å². The van der Waals surface area contributed by atoms with Crippen molar-refractivity contribution in [3.05, 3.63) is 17.7 Å². The molecule has 0 aromatic carbocycles. The molecule has 0 aliphatic heterocycles. The lowest BCUT2D eigenvalue weighted by atomic mass is 10.5. The average Bonchev–Trinajstić information content (AvgIpc) is 2.54. The Bertz CT molecular complexity index is 357. The Kier molecular flexibility index (Phi) is 2.99. The fraction of sp³-hybridized carbons (Fsp3) is 0.286. The standard InChI is InChI=1S/C5H3ClN4.C2H6/c6-5-7-1-4-3(9-5)2-8-10-4;1-2/h1-2H,(H,8,10);1-2H3. The van der Waals surface area contributed by atoms with Gasteiger partial charge in [0.05, 0.1) is 12.4 Å². The summed E-state index contributed by atoms with van der Waals surface area (Å²) in [6.07, 6.45) is 3.20. The van der Waals surface area contributed by atoms with Crippen LogP contribution >= 0.6 is 11.6 Å². The van der Waals surface area contributed by atoms with Crippen LogP contribution in [0.5, 0.6) is 0 Å². The summed E-state index contributed by atoms with van der Waals surface area (Å²) in [5.74, 6) is 0. The van der Waals surface area contributed by atoms with Crippen molar-refractivity contribution in [3.63, 3.8) is 0 Å². The molecule has 0 bridgehead atoms. The van der Waals surface area contributed by atoms with E-state index in [1.807, 2.05) is 13.8 Å². The normalized spacial score (nSPS) is 9.25. The summed E-state index contributed by atoms with van der Waals surface area (Å²) >= 11 is 5.51. The van der Waals surface area contributed by atoms with Crippen LogP contribution in [0.15, 0.2) is 12.4 Å². The first kappa shape index (κ1) is 8.93. The molecule has 2 heterocycles. The van der Waals surface area contributed by atoms with Crippen molar-refractivity contribution < 1.29 is 0 Å². The van der Waals surface area contributed by atoms with E-state index >= 15 is 0 Å². The summed E-state index contributed by atoms with van der Waals surface area (Å²) in [6, 6.07) is 0. The number of nitrogens with one attached hydrogen (secondary N) is 1. The van der Waals surface area contributed by atoms with E-state index < -0.39 is 0 Å². The number of H-pyrrole nitrogens is 1. The van der Waals surface area contributed by atoms with Crippen LogP contribution in [-0.4, -0.2) is 20.2 Å². The fourth-order valence-electron chi connectivity index (χ4n) is 0.720. The van der Waals surface area contributed by atoms with Crippen LogP contribution in [0.4, 0.5) is 0 Å². The van der Waals surface area contributed by atoms with Crippen molar-refractivity contribution in [2.24, 2.45) is 0 Å². The monoisotopic (exact) mass is 184 g/mol. The van der Waals surface area contributed by atoms with Gasteiger partial charge in [0.1, 0.15) is 11.0 Å². The summed E-state index contributed by atoms with van der Waals surface area (Å²) in [6.45, 7) is 4.00. The van der Waals surface area contributed by atoms with E-state index in [0.717, 1.165) is 11.0 Å². The zero-order valence-corrected chi connectivity index (χ0v) is 7.63. The maximum atomic E-state index is 5.51. The first-order valence-electron chi connectivity index (χ1n) is 3.68. The largest absolute Gasteiger partial charge is 0.275 e. The van der Waals surface area contributed by atoms with Crippen LogP contribution in [0.25, 0.3) is 11.0 Å². The summed E-state index contributed by atoms with van der Waals surface area (Å²) in [7, 11) is 0. The van der Waals surface area contributed by atoms with Gasteiger partial charge in [-0.05, 0) is 11.6 Å². The topological polar surface area (TPSA) is 54.5 Å². The predicted molar refractivity (Wildman–Crippen MR) is 48.0 cm³/mol. The lowest BCUT2D eigenvalue weighted by Gasteiger charge is -1.85. The molecular formula is C7H9ClN4. The van der Waals surface area contributed by atoms with E-state index in [4.69, 9.17) is 11.6 Å². The molecule has 0 amide bonds. The van der Waals surface area contributed by atoms with E-state index in [9.17, 15) is 0 Å². The first-order chi connectivity index (χ1) is 5.86. The third-order valence-electron chi connectivity index (χ3n) is 1.16. The van der Waals surface area contributed by atoms with Gasteiger partial charge < -0.3 is 0 Å². The Balaban J connectivity index is 0.000000336. The second-order valence-electron chi connectivity index (χ2n) is 1.81. The maximum Gasteiger partial charge on any atom is 0.223 e. The molecule has 64 valence electrons. The highest BCUT2D eigenvalue weighted by Crippen LogP contribution is 2.07. The van der Waals surface area contributed by atoms with Gasteiger partial charge in [0.2, 0.25) is 5.28 Å². The van der Waals surface area contributed by atoms with E-state index in [2.05, 4.69) is 20.2 Å². The Morgan fingerprint density at radius 2 is 2.08 bits per heavy atom. The Labute approximate surface area is 75.0 Å². The van der Waals surface area contributed by atoms with Crippen LogP contribution in [0.1, 0.15) is 13.8 Å². The van der Waals surface area contributed by atoms with Gasteiger partial charge in [-0.25, -0.2) is 9.97 Å². The molecule has 12 heavy (non-hydrogen) atoms. The molecule has 0 saturated carbocycles. The van der Waals surface area contributed by atoms with Gasteiger partial charge in [0, 0.05) is 0 Å². The van der Waals surface area contributed by atoms with E-state index in [-0.39, 0.29) is 5.28 Å². The molecule has 0 aliphatic carbocycles. The van der Waals surface area contributed by atoms with Gasteiger partial charge >= 0.3 is 0 Å². The minimum atomic E-state index is 0.244. The minimum absolute atomic E-state index is 0.244. The molecular weight excluding hydrogens is 176 g/mol. The van der Waals surface area contributed by atoms with Gasteiger partial charge in [-0.2, -0.15) is 5.10 Å². The van der Waals surface area contributed by atoms with Crippen LogP contribution in [0.2, 0.25) is 5.28 Å². The third kappa shape index (κ3) is 1.71. The summed E-state index contributed by atoms with van der Waals surface area (Å²) < 4.78 is 0. The Morgan fingerprint density at radius 3 is 2.83 bits per heavy atom. The van der Waals surface area contributed by atoms with Crippen molar-refractivity contribution in [2.75, 3.05) is 0 Å². The van der Waals surface area contributed by atoms with Crippen molar-refractivity contribution in [1.82, 2.24) is 20.2 Å². The Hall–Kier alpha value is -1.16. The average molecular weight is 185 g/mol. The maximum absolute atomic E-state index is 5.51. The molecule has 4 nitrogen and oxygen atoms in total. The molecule has 0 radical (unpaired) electrons. The smallest absolute Gasteiger partial charge is 0.223 e. The summed E-state index contributed by atoms with van der Waals surface area (Å²) in [5, 5.41) is 6.71. The minimum Gasteiger partial charge on any atom is -0.275 e. The first-order valence-corrected chi connectivity index (χ1v) is 4.06. The van der Waals surface area contributed by atoms with Crippen molar-refractivity contribution >= 4 is 22.6 Å². The van der Waals surface area contributed by atoms with Gasteiger partial charge in [0.25, 0.3) is 0 Å². The third-order valence-corrected chi connectivity index (χ3v) is 1.34. The molecule has 5 heteroatoms. The molecule has 1 N–H and O–H groups in total. The molecule has 0 fully saturated rings. The number of rotatable bonds is 0. The SMILES string of the molecule is CC.Clc1ncc2[nH]ncc2n1. The highest BCUT2D eigenvalue weighted by atomic mass is 35.5. The molecule has 0 saturated heterocycles. The van der Waals surface area contributed by atoms with Gasteiger partial charge in [-0.15, -0.1) is 0 Å². The lowest BCUT2D eigenvalue weighted by Crippen LogP contribution is -1.79. The summed E-state index contributed by atoms with van der Waals surface area (Å²) in [5.41, 5.74) is 1.53. The zero-order valence-electron chi connectivity index (χ0n) is 6.87. The molecule has 0 aliphatic rings. The lowest BCUT2D eigenvalue weighted by molar-refractivity contribution is 1.11. The zero-order chi connectivity index (χ0) is 8.97. The fourth-order valence-corrected chi connectivity index (χ4v) is 0.860. The second kappa shape index (κ2) is 4.01. The Morgan fingerprint density at radius 1 is 1.33 bits per heavy atom. The molecule has 2 rings (SSSR count).